The lowest BCUT2D eigenvalue weighted by Crippen LogP contribution is -2.45. The Morgan fingerprint density at radius 3 is 1.31 bits per heavy atom. The second-order valence-electron chi connectivity index (χ2n) is 2.68. The summed E-state index contributed by atoms with van der Waals surface area (Å²) in [5.74, 6) is -0.157. The minimum Gasteiger partial charge on any atom is -0.285 e. The van der Waals surface area contributed by atoms with Gasteiger partial charge in [0.1, 0.15) is 6.42 Å². The van der Waals surface area contributed by atoms with Gasteiger partial charge in [0.05, 0.1) is 0 Å². The molecule has 0 saturated carbocycles. The van der Waals surface area contributed by atoms with E-state index in [0.29, 0.717) is 0 Å². The molecule has 1 heterocycles. The molecule has 1 aliphatic rings. The van der Waals surface area contributed by atoms with Crippen molar-refractivity contribution in [1.29, 1.82) is 0 Å². The summed E-state index contributed by atoms with van der Waals surface area (Å²) in [6, 6.07) is 12.0. The highest BCUT2D eigenvalue weighted by atomic mass is 16.2. The summed E-state index contributed by atoms with van der Waals surface area (Å²) in [6.45, 7) is 0. The molecule has 13 heavy (non-hydrogen) atoms. The summed E-state index contributed by atoms with van der Waals surface area (Å²) in [4.78, 5) is 21.4. The quantitative estimate of drug-likeness (QED) is 0.439. The molecule has 1 fully saturated rings. The minimum atomic E-state index is -0.0787. The van der Waals surface area contributed by atoms with Crippen LogP contribution in [0.3, 0.4) is 0 Å². The first kappa shape index (κ1) is 9.45. The number of β-lactam (4-membered cyclic amide) rings is 2. The first-order valence-electron chi connectivity index (χ1n) is 4.01. The van der Waals surface area contributed by atoms with Crippen molar-refractivity contribution in [2.24, 2.45) is 0 Å². The van der Waals surface area contributed by atoms with Crippen molar-refractivity contribution in [2.75, 3.05) is 7.05 Å². The number of nitrogens with zero attached hydrogens (tertiary/aromatic N) is 1. The Labute approximate surface area is 77.0 Å². The zero-order valence-electron chi connectivity index (χ0n) is 7.43. The Bertz CT molecular complexity index is 254. The molecular formula is C10H11NO2. The molecule has 3 heteroatoms. The lowest BCUT2D eigenvalue weighted by molar-refractivity contribution is -0.155. The highest BCUT2D eigenvalue weighted by Crippen LogP contribution is 2.05. The molecular weight excluding hydrogens is 166 g/mol. The highest BCUT2D eigenvalue weighted by molar-refractivity contribution is 6.14. The van der Waals surface area contributed by atoms with Gasteiger partial charge in [0.15, 0.2) is 0 Å². The van der Waals surface area contributed by atoms with Crippen LogP contribution in [0.1, 0.15) is 6.42 Å². The summed E-state index contributed by atoms with van der Waals surface area (Å²) in [7, 11) is 1.48. The summed E-state index contributed by atoms with van der Waals surface area (Å²) in [5.41, 5.74) is 0. The van der Waals surface area contributed by atoms with E-state index in [2.05, 4.69) is 0 Å². The van der Waals surface area contributed by atoms with Crippen LogP contribution in [0.25, 0.3) is 0 Å². The van der Waals surface area contributed by atoms with Gasteiger partial charge < -0.3 is 0 Å². The second kappa shape index (κ2) is 4.40. The average molecular weight is 177 g/mol. The van der Waals surface area contributed by atoms with Gasteiger partial charge in [-0.3, -0.25) is 14.5 Å². The minimum absolute atomic E-state index is 0.0787. The first-order chi connectivity index (χ1) is 6.22. The Balaban J connectivity index is 0.000000132. The van der Waals surface area contributed by atoms with E-state index < -0.39 is 0 Å². The van der Waals surface area contributed by atoms with Gasteiger partial charge in [0.2, 0.25) is 11.8 Å². The number of rotatable bonds is 0. The van der Waals surface area contributed by atoms with Gasteiger partial charge in [-0.05, 0) is 0 Å². The number of hydrogen-bond acceptors (Lipinski definition) is 2. The van der Waals surface area contributed by atoms with Crippen LogP contribution in [0.2, 0.25) is 0 Å². The lowest BCUT2D eigenvalue weighted by atomic mass is 10.2. The van der Waals surface area contributed by atoms with Gasteiger partial charge in [-0.25, -0.2) is 0 Å². The molecule has 0 aromatic heterocycles. The van der Waals surface area contributed by atoms with Gasteiger partial charge in [0.25, 0.3) is 0 Å². The number of carbonyl (C=O) groups excluding carboxylic acids is 2. The summed E-state index contributed by atoms with van der Waals surface area (Å²) in [6.07, 6.45) is 0.108. The van der Waals surface area contributed by atoms with Crippen molar-refractivity contribution in [3.8, 4) is 0 Å². The Morgan fingerprint density at radius 1 is 0.923 bits per heavy atom. The van der Waals surface area contributed by atoms with E-state index in [9.17, 15) is 9.59 Å². The molecule has 0 radical (unpaired) electrons. The van der Waals surface area contributed by atoms with Crippen molar-refractivity contribution < 1.29 is 9.59 Å². The van der Waals surface area contributed by atoms with E-state index in [1.165, 1.54) is 7.05 Å². The third kappa shape index (κ3) is 2.71. The van der Waals surface area contributed by atoms with E-state index >= 15 is 0 Å². The van der Waals surface area contributed by atoms with Crippen molar-refractivity contribution in [1.82, 2.24) is 4.90 Å². The van der Waals surface area contributed by atoms with Crippen LogP contribution in [0.4, 0.5) is 0 Å². The van der Waals surface area contributed by atoms with Crippen molar-refractivity contribution >= 4 is 11.8 Å². The van der Waals surface area contributed by atoms with E-state index in [1.54, 1.807) is 0 Å². The standard InChI is InChI=1S/C6H6.C4H5NO2/c1-2-4-6-5-3-1;1-5-3(6)2-4(5)7/h1-6H;2H2,1H3. The predicted octanol–water partition coefficient (Wildman–Crippen LogP) is 1.06. The number of amides is 2. The molecule has 1 aliphatic heterocycles. The molecule has 1 aromatic carbocycles. The molecule has 0 atom stereocenters. The summed E-state index contributed by atoms with van der Waals surface area (Å²) in [5, 5.41) is 0. The molecule has 2 amide bonds. The second-order valence-corrected chi connectivity index (χ2v) is 2.68. The monoisotopic (exact) mass is 177 g/mol. The molecule has 0 spiro atoms. The molecule has 1 saturated heterocycles. The zero-order valence-corrected chi connectivity index (χ0v) is 7.43. The molecule has 2 rings (SSSR count). The Morgan fingerprint density at radius 2 is 1.23 bits per heavy atom. The van der Waals surface area contributed by atoms with Gasteiger partial charge in [0, 0.05) is 7.05 Å². The molecule has 0 N–H and O–H groups in total. The van der Waals surface area contributed by atoms with Crippen LogP contribution in [0.15, 0.2) is 36.4 Å². The molecule has 0 aliphatic carbocycles. The Hall–Kier alpha value is -1.64. The topological polar surface area (TPSA) is 37.4 Å². The van der Waals surface area contributed by atoms with Crippen molar-refractivity contribution in [3.05, 3.63) is 36.4 Å². The lowest BCUT2D eigenvalue weighted by Gasteiger charge is -2.22. The number of carbonyl (C=O) groups is 2. The van der Waals surface area contributed by atoms with E-state index in [1.807, 2.05) is 36.4 Å². The summed E-state index contributed by atoms with van der Waals surface area (Å²) < 4.78 is 0. The smallest absolute Gasteiger partial charge is 0.238 e. The predicted molar refractivity (Wildman–Crippen MR) is 48.8 cm³/mol. The van der Waals surface area contributed by atoms with Crippen molar-refractivity contribution in [2.45, 2.75) is 6.42 Å². The zero-order chi connectivity index (χ0) is 9.68. The number of hydrogen-bond donors (Lipinski definition) is 0. The third-order valence-corrected chi connectivity index (χ3v) is 1.72. The Kier molecular flexibility index (Phi) is 3.20. The SMILES string of the molecule is CN1C(=O)CC1=O.c1ccccc1. The highest BCUT2D eigenvalue weighted by Gasteiger charge is 2.29. The molecule has 0 bridgehead atoms. The molecule has 3 nitrogen and oxygen atoms in total. The summed E-state index contributed by atoms with van der Waals surface area (Å²) >= 11 is 0. The van der Waals surface area contributed by atoms with E-state index in [4.69, 9.17) is 0 Å². The van der Waals surface area contributed by atoms with Crippen LogP contribution >= 0.6 is 0 Å². The van der Waals surface area contributed by atoms with E-state index in [-0.39, 0.29) is 18.2 Å². The van der Waals surface area contributed by atoms with Crippen LogP contribution in [0, 0.1) is 0 Å². The average Bonchev–Trinajstić information content (AvgIpc) is 2.21. The maximum absolute atomic E-state index is 10.1. The molecule has 1 aromatic rings. The van der Waals surface area contributed by atoms with Crippen LogP contribution in [-0.2, 0) is 9.59 Å². The maximum atomic E-state index is 10.1. The number of likely N-dealkylation sites (tertiary alicyclic amines) is 1. The number of benzene rings is 1. The first-order valence-corrected chi connectivity index (χ1v) is 4.01. The molecule has 68 valence electrons. The fraction of sp³-hybridized carbons (Fsp3) is 0.200. The fourth-order valence-corrected chi connectivity index (χ4v) is 0.799. The van der Waals surface area contributed by atoms with Crippen LogP contribution in [0.5, 0.6) is 0 Å². The van der Waals surface area contributed by atoms with Gasteiger partial charge in [-0.2, -0.15) is 0 Å². The fourth-order valence-electron chi connectivity index (χ4n) is 0.799. The van der Waals surface area contributed by atoms with Crippen LogP contribution in [-0.4, -0.2) is 23.8 Å². The maximum Gasteiger partial charge on any atom is 0.238 e. The van der Waals surface area contributed by atoms with Gasteiger partial charge in [-0.15, -0.1) is 0 Å². The third-order valence-electron chi connectivity index (χ3n) is 1.72. The van der Waals surface area contributed by atoms with Crippen molar-refractivity contribution in [3.63, 3.8) is 0 Å². The van der Waals surface area contributed by atoms with E-state index in [0.717, 1.165) is 4.90 Å². The normalized spacial score (nSPS) is 14.4. The number of imide groups is 1. The van der Waals surface area contributed by atoms with Gasteiger partial charge >= 0.3 is 0 Å². The van der Waals surface area contributed by atoms with Gasteiger partial charge in [-0.1, -0.05) is 36.4 Å². The molecule has 0 unspecified atom stereocenters. The largest absolute Gasteiger partial charge is 0.285 e. The van der Waals surface area contributed by atoms with Crippen LogP contribution < -0.4 is 0 Å².